The van der Waals surface area contributed by atoms with Crippen LogP contribution in [0.4, 0.5) is 0 Å². The summed E-state index contributed by atoms with van der Waals surface area (Å²) in [7, 11) is -4.76. The fourth-order valence-electron chi connectivity index (χ4n) is 7.37. The van der Waals surface area contributed by atoms with Gasteiger partial charge in [-0.2, -0.15) is 0 Å². The highest BCUT2D eigenvalue weighted by Crippen LogP contribution is 2.43. The fourth-order valence-corrected chi connectivity index (χ4v) is 8.16. The Morgan fingerprint density at radius 2 is 0.703 bits per heavy atom. The van der Waals surface area contributed by atoms with Gasteiger partial charge >= 0.3 is 25.7 Å². The maximum absolute atomic E-state index is 12.9. The average Bonchev–Trinajstić information content (AvgIpc) is 3.39. The molecule has 0 amide bonds. The average molecular weight is 1060 g/mol. The lowest BCUT2D eigenvalue weighted by Gasteiger charge is -2.21. The fraction of sp³-hybridized carbons (Fsp3) is 0.661. The van der Waals surface area contributed by atoms with E-state index in [9.17, 15) is 28.9 Å². The van der Waals surface area contributed by atoms with Gasteiger partial charge in [0.1, 0.15) is 12.7 Å². The van der Waals surface area contributed by atoms with Gasteiger partial charge in [0.2, 0.25) is 0 Å². The maximum atomic E-state index is 12.9. The number of unbranched alkanes of at least 4 members (excludes halogenated alkanes) is 17. The van der Waals surface area contributed by atoms with Gasteiger partial charge < -0.3 is 24.2 Å². The molecule has 0 rings (SSSR count). The van der Waals surface area contributed by atoms with Gasteiger partial charge in [0.15, 0.2) is 6.10 Å². The molecule has 0 spiro atoms. The number of hydrogen-bond acceptors (Lipinski definition) is 10. The minimum atomic E-state index is -4.76. The van der Waals surface area contributed by atoms with Crippen molar-refractivity contribution in [3.05, 3.63) is 109 Å². The molecule has 74 heavy (non-hydrogen) atoms. The molecule has 0 aliphatic rings. The number of phosphoric acid groups is 1. The van der Waals surface area contributed by atoms with Crippen LogP contribution in [-0.4, -0.2) is 66.5 Å². The van der Waals surface area contributed by atoms with E-state index in [1.54, 1.807) is 0 Å². The third-order valence-electron chi connectivity index (χ3n) is 11.7. The lowest BCUT2D eigenvalue weighted by Crippen LogP contribution is -2.30. The summed E-state index contributed by atoms with van der Waals surface area (Å²) in [6, 6.07) is 0. The van der Waals surface area contributed by atoms with Crippen molar-refractivity contribution in [2.75, 3.05) is 26.4 Å². The van der Waals surface area contributed by atoms with Crippen LogP contribution in [0.15, 0.2) is 109 Å². The Labute approximate surface area is 450 Å². The Balaban J connectivity index is 4.81. The topological polar surface area (TPSA) is 155 Å². The van der Waals surface area contributed by atoms with Crippen LogP contribution in [0, 0.1) is 0 Å². The molecule has 12 heteroatoms. The van der Waals surface area contributed by atoms with Gasteiger partial charge in [-0.05, 0) is 103 Å². The molecule has 0 aromatic carbocycles. The van der Waals surface area contributed by atoms with Crippen molar-refractivity contribution in [1.29, 1.82) is 0 Å². The van der Waals surface area contributed by atoms with Crippen molar-refractivity contribution >= 4 is 25.7 Å². The number of aliphatic hydroxyl groups is 1. The summed E-state index contributed by atoms with van der Waals surface area (Å²) >= 11 is 0. The second kappa shape index (κ2) is 55.4. The first-order chi connectivity index (χ1) is 36.2. The molecule has 0 aromatic heterocycles. The van der Waals surface area contributed by atoms with Gasteiger partial charge in [0, 0.05) is 19.3 Å². The minimum Gasteiger partial charge on any atom is -0.462 e. The summed E-state index contributed by atoms with van der Waals surface area (Å²) in [5, 5.41) is 9.78. The van der Waals surface area contributed by atoms with Crippen LogP contribution in [0.5, 0.6) is 0 Å². The smallest absolute Gasteiger partial charge is 0.462 e. The molecule has 0 aliphatic carbocycles. The summed E-state index contributed by atoms with van der Waals surface area (Å²) in [5.41, 5.74) is 0. The van der Waals surface area contributed by atoms with E-state index in [1.165, 1.54) is 32.1 Å². The first kappa shape index (κ1) is 70.1. The van der Waals surface area contributed by atoms with E-state index in [0.717, 1.165) is 135 Å². The Morgan fingerprint density at radius 3 is 1.09 bits per heavy atom. The van der Waals surface area contributed by atoms with E-state index in [-0.39, 0.29) is 25.9 Å². The number of carbonyl (C=O) groups is 3. The molecule has 0 aliphatic heterocycles. The van der Waals surface area contributed by atoms with Crippen LogP contribution < -0.4 is 0 Å². The first-order valence-electron chi connectivity index (χ1n) is 28.8. The van der Waals surface area contributed by atoms with Crippen LogP contribution >= 0.6 is 7.82 Å². The predicted octanol–water partition coefficient (Wildman–Crippen LogP) is 17.0. The van der Waals surface area contributed by atoms with E-state index in [0.29, 0.717) is 19.3 Å². The second-order valence-electron chi connectivity index (χ2n) is 18.7. The largest absolute Gasteiger partial charge is 0.472 e. The molecular formula is C62H103O11P. The van der Waals surface area contributed by atoms with E-state index >= 15 is 0 Å². The second-order valence-corrected chi connectivity index (χ2v) is 20.1. The first-order valence-corrected chi connectivity index (χ1v) is 30.3. The number of aliphatic hydroxyl groups excluding tert-OH is 1. The molecule has 2 N–H and O–H groups in total. The highest BCUT2D eigenvalue weighted by molar-refractivity contribution is 7.47. The van der Waals surface area contributed by atoms with Crippen molar-refractivity contribution in [1.82, 2.24) is 0 Å². The predicted molar refractivity (Wildman–Crippen MR) is 307 cm³/mol. The molecule has 11 nitrogen and oxygen atoms in total. The Morgan fingerprint density at radius 1 is 0.392 bits per heavy atom. The zero-order chi connectivity index (χ0) is 54.1. The quantitative estimate of drug-likeness (QED) is 0.0197. The molecule has 3 atom stereocenters. The van der Waals surface area contributed by atoms with Gasteiger partial charge in [-0.25, -0.2) is 4.57 Å². The molecule has 0 fully saturated rings. The number of ether oxygens (including phenoxy) is 3. The van der Waals surface area contributed by atoms with Crippen LogP contribution in [0.1, 0.15) is 226 Å². The highest BCUT2D eigenvalue weighted by Gasteiger charge is 2.28. The molecule has 0 heterocycles. The number of esters is 3. The third-order valence-corrected chi connectivity index (χ3v) is 12.6. The number of allylic oxidation sites excluding steroid dienone is 18. The molecule has 0 bridgehead atoms. The number of carbonyl (C=O) groups excluding carboxylic acids is 3. The summed E-state index contributed by atoms with van der Waals surface area (Å²) in [4.78, 5) is 48.5. The lowest BCUT2D eigenvalue weighted by molar-refractivity contribution is -0.161. The summed E-state index contributed by atoms with van der Waals surface area (Å²) in [6.07, 6.45) is 66.3. The molecule has 422 valence electrons. The maximum Gasteiger partial charge on any atom is 0.472 e. The lowest BCUT2D eigenvalue weighted by atomic mass is 10.1. The van der Waals surface area contributed by atoms with Crippen LogP contribution in [0.2, 0.25) is 0 Å². The van der Waals surface area contributed by atoms with Crippen LogP contribution in [0.3, 0.4) is 0 Å². The van der Waals surface area contributed by atoms with Gasteiger partial charge in [-0.3, -0.25) is 23.4 Å². The van der Waals surface area contributed by atoms with E-state index < -0.39 is 57.8 Å². The van der Waals surface area contributed by atoms with E-state index in [2.05, 4.69) is 130 Å². The van der Waals surface area contributed by atoms with Gasteiger partial charge in [-0.15, -0.1) is 0 Å². The zero-order valence-corrected chi connectivity index (χ0v) is 47.4. The molecular weight excluding hydrogens is 952 g/mol. The summed E-state index contributed by atoms with van der Waals surface area (Å²) in [5.74, 6) is -1.53. The molecule has 3 unspecified atom stereocenters. The van der Waals surface area contributed by atoms with E-state index in [4.69, 9.17) is 23.3 Å². The normalized spacial score (nSPS) is 14.2. The number of hydrogen-bond donors (Lipinski definition) is 2. The SMILES string of the molecule is CC/C=C\C/C=C\C/C=C\C/C=C\C/C=C\CCCCCC(=O)OCC(COP(=O)(O)OCC(CO)OC(=O)CCCCCCCCCCC)OC(=O)CCCCCCCC/C=C\C/C=C\C/C=C\C/C=C\CC. The number of rotatable bonds is 52. The minimum absolute atomic E-state index is 0.139. The van der Waals surface area contributed by atoms with Crippen molar-refractivity contribution < 1.29 is 52.2 Å². The van der Waals surface area contributed by atoms with Gasteiger partial charge in [0.05, 0.1) is 19.8 Å². The van der Waals surface area contributed by atoms with E-state index in [1.807, 2.05) is 0 Å². The van der Waals surface area contributed by atoms with Gasteiger partial charge in [-0.1, -0.05) is 214 Å². The third kappa shape index (κ3) is 53.0. The Hall–Kier alpha value is -3.86. The zero-order valence-electron chi connectivity index (χ0n) is 46.5. The monoisotopic (exact) mass is 1050 g/mol. The summed E-state index contributed by atoms with van der Waals surface area (Å²) in [6.45, 7) is 4.33. The number of phosphoric ester groups is 1. The highest BCUT2D eigenvalue weighted by atomic mass is 31.2. The molecule has 0 saturated carbocycles. The summed E-state index contributed by atoms with van der Waals surface area (Å²) < 4.78 is 39.4. The molecule has 0 aromatic rings. The van der Waals surface area contributed by atoms with Gasteiger partial charge in [0.25, 0.3) is 0 Å². The van der Waals surface area contributed by atoms with Crippen molar-refractivity contribution in [2.24, 2.45) is 0 Å². The van der Waals surface area contributed by atoms with Crippen LogP contribution in [0.25, 0.3) is 0 Å². The Kier molecular flexibility index (Phi) is 52.5. The van der Waals surface area contributed by atoms with Crippen molar-refractivity contribution in [2.45, 2.75) is 238 Å². The molecule has 0 radical (unpaired) electrons. The standard InChI is InChI=1S/C62H103O11P/c1-4-7-10-13-16-19-21-23-25-27-29-31-33-35-37-40-42-45-48-51-60(64)69-55-59(57-71-74(67,68)70-56-58(54-63)72-61(65)52-49-46-43-39-18-15-12-9-6-3)73-62(66)53-50-47-44-41-38-36-34-32-30-28-26-24-22-20-17-14-11-8-5-2/h7-8,10-11,16-17,19-20,23-26,29-32,35,37,58-59,63H,4-6,9,12-15,18,21-22,27-28,33-34,36,38-57H2,1-3H3,(H,67,68)/b10-7-,11-8-,19-16-,20-17-,25-23-,26-24-,31-29-,32-30-,37-35-. The molecule has 0 saturated heterocycles. The van der Waals surface area contributed by atoms with Crippen LogP contribution in [-0.2, 0) is 42.2 Å². The van der Waals surface area contributed by atoms with Crippen molar-refractivity contribution in [3.63, 3.8) is 0 Å². The van der Waals surface area contributed by atoms with Crippen molar-refractivity contribution in [3.8, 4) is 0 Å². The Bertz CT molecular complexity index is 1660.